The normalized spacial score (nSPS) is 28.1. The lowest BCUT2D eigenvalue weighted by Crippen LogP contribution is -2.61. The number of carbonyl (C=O) groups excluding carboxylic acids is 1. The molecule has 7 rings (SSSR count). The van der Waals surface area contributed by atoms with E-state index in [-0.39, 0.29) is 30.5 Å². The van der Waals surface area contributed by atoms with E-state index >= 15 is 0 Å². The molecule has 40 heavy (non-hydrogen) atoms. The van der Waals surface area contributed by atoms with Gasteiger partial charge in [0, 0.05) is 29.9 Å². The Balaban J connectivity index is 1.55. The van der Waals surface area contributed by atoms with Crippen LogP contribution < -0.4 is 10.1 Å². The number of aliphatic carboxylic acids is 2. The van der Waals surface area contributed by atoms with Crippen molar-refractivity contribution >= 4 is 17.7 Å². The minimum atomic E-state index is -1.56. The molecule has 2 bridgehead atoms. The Bertz CT molecular complexity index is 1460. The van der Waals surface area contributed by atoms with Gasteiger partial charge in [0.25, 0.3) is 0 Å². The summed E-state index contributed by atoms with van der Waals surface area (Å²) in [5.74, 6) is -3.98. The molecule has 1 saturated carbocycles. The number of fused-ring (bicyclic) bond motifs is 1. The second-order valence-electron chi connectivity index (χ2n) is 11.5. The summed E-state index contributed by atoms with van der Waals surface area (Å²) in [7, 11) is 1.58. The molecule has 1 heterocycles. The molecule has 0 aromatic heterocycles. The fourth-order valence-electron chi connectivity index (χ4n) is 8.43. The van der Waals surface area contributed by atoms with Crippen molar-refractivity contribution in [1.29, 1.82) is 0 Å². The van der Waals surface area contributed by atoms with E-state index in [4.69, 9.17) is 4.74 Å². The van der Waals surface area contributed by atoms with Crippen molar-refractivity contribution in [3.8, 4) is 5.75 Å². The number of hydrogen-bond acceptors (Lipinski definition) is 5. The van der Waals surface area contributed by atoms with Crippen molar-refractivity contribution in [2.45, 2.75) is 43.1 Å². The second-order valence-corrected chi connectivity index (χ2v) is 11.5. The molecule has 3 aromatic carbocycles. The van der Waals surface area contributed by atoms with Crippen LogP contribution in [0.1, 0.15) is 47.4 Å². The second kappa shape index (κ2) is 9.89. The number of nitrogens with one attached hydrogen (secondary N) is 1. The van der Waals surface area contributed by atoms with Crippen LogP contribution in [-0.2, 0) is 26.2 Å². The molecule has 0 spiro atoms. The number of carboxylic acids is 2. The molecule has 2 fully saturated rings. The van der Waals surface area contributed by atoms with Crippen LogP contribution in [0.4, 0.5) is 0 Å². The van der Waals surface area contributed by atoms with Gasteiger partial charge in [0.1, 0.15) is 5.75 Å². The maximum atomic E-state index is 14.2. The van der Waals surface area contributed by atoms with E-state index in [0.717, 1.165) is 29.5 Å². The lowest BCUT2D eigenvalue weighted by atomic mass is 9.39. The average molecular weight is 540 g/mol. The van der Waals surface area contributed by atoms with Crippen molar-refractivity contribution in [3.63, 3.8) is 0 Å². The molecule has 3 aliphatic carbocycles. The molecule has 3 aromatic rings. The number of ketones is 1. The zero-order valence-corrected chi connectivity index (χ0v) is 22.4. The molecule has 5 unspecified atom stereocenters. The average Bonchev–Trinajstić information content (AvgIpc) is 3.39. The number of carbonyl (C=O) groups is 3. The van der Waals surface area contributed by atoms with E-state index in [1.165, 1.54) is 5.56 Å². The number of ether oxygens (including phenoxy) is 1. The number of para-hydroxylation sites is 1. The molecule has 3 N–H and O–H groups in total. The molecule has 1 saturated heterocycles. The van der Waals surface area contributed by atoms with Crippen LogP contribution in [0.3, 0.4) is 0 Å². The molecule has 7 heteroatoms. The van der Waals surface area contributed by atoms with Gasteiger partial charge in [0.2, 0.25) is 0 Å². The maximum absolute atomic E-state index is 14.2. The molecular weight excluding hydrogens is 506 g/mol. The highest BCUT2D eigenvalue weighted by Crippen LogP contribution is 2.70. The summed E-state index contributed by atoms with van der Waals surface area (Å²) >= 11 is 0. The highest BCUT2D eigenvalue weighted by molar-refractivity contribution is 5.93. The predicted octanol–water partition coefficient (Wildman–Crippen LogP) is 4.43. The summed E-state index contributed by atoms with van der Waals surface area (Å²) in [6.45, 7) is 0.380. The lowest BCUT2D eigenvalue weighted by Gasteiger charge is -2.62. The first-order chi connectivity index (χ1) is 19.3. The van der Waals surface area contributed by atoms with E-state index in [2.05, 4.69) is 29.6 Å². The number of benzene rings is 3. The fourth-order valence-corrected chi connectivity index (χ4v) is 8.43. The summed E-state index contributed by atoms with van der Waals surface area (Å²) in [6.07, 6.45) is 1.72. The van der Waals surface area contributed by atoms with E-state index in [0.29, 0.717) is 12.3 Å². The third kappa shape index (κ3) is 3.79. The Morgan fingerprint density at radius 1 is 0.950 bits per heavy atom. The van der Waals surface area contributed by atoms with Gasteiger partial charge in [-0.2, -0.15) is 0 Å². The highest BCUT2D eigenvalue weighted by atomic mass is 16.5. The van der Waals surface area contributed by atoms with Crippen LogP contribution in [-0.4, -0.2) is 47.6 Å². The quantitative estimate of drug-likeness (QED) is 0.345. The molecule has 5 atom stereocenters. The first-order valence-electron chi connectivity index (χ1n) is 13.8. The molecule has 4 aliphatic rings. The van der Waals surface area contributed by atoms with Gasteiger partial charge in [-0.25, -0.2) is 0 Å². The fraction of sp³-hybridized carbons (Fsp3) is 0.364. The summed E-state index contributed by atoms with van der Waals surface area (Å²) < 4.78 is 5.52. The molecule has 1 aliphatic heterocycles. The SMILES string of the molecule is COc1ccccc1CC(=O)C1NCC2(CC(C(=O)O)C(=O)O)C3CCC(c4ccccc4)(c4ccccc43)C12. The number of methoxy groups -OCH3 is 1. The van der Waals surface area contributed by atoms with Crippen molar-refractivity contribution in [2.75, 3.05) is 13.7 Å². The van der Waals surface area contributed by atoms with Crippen molar-refractivity contribution in [2.24, 2.45) is 17.3 Å². The number of hydrogen-bond donors (Lipinski definition) is 3. The number of carboxylic acid groups (broad SMARTS) is 2. The topological polar surface area (TPSA) is 113 Å². The van der Waals surface area contributed by atoms with Gasteiger partial charge >= 0.3 is 11.9 Å². The predicted molar refractivity (Wildman–Crippen MR) is 148 cm³/mol. The van der Waals surface area contributed by atoms with E-state index < -0.39 is 34.7 Å². The van der Waals surface area contributed by atoms with Gasteiger partial charge in [-0.05, 0) is 53.4 Å². The summed E-state index contributed by atoms with van der Waals surface area (Å²) in [6, 6.07) is 25.3. The summed E-state index contributed by atoms with van der Waals surface area (Å²) in [5.41, 5.74) is 2.88. The van der Waals surface area contributed by atoms with Crippen molar-refractivity contribution < 1.29 is 29.3 Å². The van der Waals surface area contributed by atoms with E-state index in [1.807, 2.05) is 54.6 Å². The van der Waals surface area contributed by atoms with Gasteiger partial charge in [-0.15, -0.1) is 0 Å². The van der Waals surface area contributed by atoms with Crippen molar-refractivity contribution in [1.82, 2.24) is 5.32 Å². The third-order valence-electron chi connectivity index (χ3n) is 9.85. The van der Waals surface area contributed by atoms with Crippen LogP contribution >= 0.6 is 0 Å². The smallest absolute Gasteiger partial charge is 0.317 e. The molecule has 7 nitrogen and oxygen atoms in total. The third-order valence-corrected chi connectivity index (χ3v) is 9.85. The summed E-state index contributed by atoms with van der Waals surface area (Å²) in [5, 5.41) is 23.5. The van der Waals surface area contributed by atoms with Gasteiger partial charge in [0.05, 0.1) is 13.2 Å². The molecule has 206 valence electrons. The Hall–Kier alpha value is -3.97. The largest absolute Gasteiger partial charge is 0.496 e. The lowest BCUT2D eigenvalue weighted by molar-refractivity contribution is -0.157. The van der Waals surface area contributed by atoms with Crippen molar-refractivity contribution in [3.05, 3.63) is 101 Å². The zero-order valence-electron chi connectivity index (χ0n) is 22.4. The maximum Gasteiger partial charge on any atom is 0.317 e. The molecular formula is C33H33NO6. The molecule has 0 amide bonds. The minimum absolute atomic E-state index is 0.00101. The van der Waals surface area contributed by atoms with E-state index in [1.54, 1.807) is 7.11 Å². The van der Waals surface area contributed by atoms with Crippen LogP contribution in [0.5, 0.6) is 5.75 Å². The minimum Gasteiger partial charge on any atom is -0.496 e. The Morgan fingerprint density at radius 2 is 1.62 bits per heavy atom. The standard InChI is InChI=1S/C33H33NO6/c1-40-27-14-8-5-9-20(27)17-26(35)28-29-32(19-34-28,18-23(30(36)37)31(38)39)24-15-16-33(29,21-10-3-2-4-11-21)25-13-7-6-12-22(24)25/h2-14,23-24,28-29,34H,15-19H2,1H3,(H,36,37)(H,38,39). The Labute approximate surface area is 233 Å². The van der Waals surface area contributed by atoms with Crippen LogP contribution in [0.15, 0.2) is 78.9 Å². The number of rotatable bonds is 9. The zero-order chi connectivity index (χ0) is 28.1. The summed E-state index contributed by atoms with van der Waals surface area (Å²) in [4.78, 5) is 38.7. The Morgan fingerprint density at radius 3 is 2.35 bits per heavy atom. The monoisotopic (exact) mass is 539 g/mol. The van der Waals surface area contributed by atoms with Gasteiger partial charge < -0.3 is 20.3 Å². The molecule has 0 radical (unpaired) electrons. The van der Waals surface area contributed by atoms with Gasteiger partial charge in [-0.3, -0.25) is 14.4 Å². The number of Topliss-reactive ketones (excluding diaryl/α,β-unsaturated/α-hetero) is 1. The first kappa shape index (κ1) is 26.3. The van der Waals surface area contributed by atoms with E-state index in [9.17, 15) is 24.6 Å². The van der Waals surface area contributed by atoms with Crippen LogP contribution in [0.2, 0.25) is 0 Å². The highest BCUT2D eigenvalue weighted by Gasteiger charge is 2.69. The van der Waals surface area contributed by atoms with Gasteiger partial charge in [-0.1, -0.05) is 72.8 Å². The van der Waals surface area contributed by atoms with Gasteiger partial charge in [0.15, 0.2) is 11.7 Å². The first-order valence-corrected chi connectivity index (χ1v) is 13.8. The van der Waals surface area contributed by atoms with Crippen LogP contribution in [0.25, 0.3) is 0 Å². The Kier molecular flexibility index (Phi) is 6.50. The van der Waals surface area contributed by atoms with Crippen LogP contribution in [0, 0.1) is 17.3 Å².